The van der Waals surface area contributed by atoms with Gasteiger partial charge in [0.05, 0.1) is 5.56 Å². The van der Waals surface area contributed by atoms with E-state index >= 15 is 0 Å². The van der Waals surface area contributed by atoms with E-state index in [0.29, 0.717) is 22.4 Å². The minimum atomic E-state index is 0.404. The lowest BCUT2D eigenvalue weighted by atomic mass is 10.2. The van der Waals surface area contributed by atoms with Crippen molar-refractivity contribution in [3.05, 3.63) is 22.8 Å². The molecule has 0 amide bonds. The Morgan fingerprint density at radius 3 is 3.00 bits per heavy atom. The van der Waals surface area contributed by atoms with Crippen molar-refractivity contribution in [2.45, 2.75) is 31.8 Å². The average molecular weight is 265 g/mol. The second-order valence-corrected chi connectivity index (χ2v) is 5.14. The van der Waals surface area contributed by atoms with Crippen LogP contribution in [0.5, 0.6) is 0 Å². The Balaban J connectivity index is 1.95. The maximum absolute atomic E-state index is 8.89. The molecule has 0 saturated heterocycles. The molecule has 1 N–H and O–H groups in total. The van der Waals surface area contributed by atoms with Gasteiger partial charge in [0.15, 0.2) is 0 Å². The highest BCUT2D eigenvalue weighted by Gasteiger charge is 2.28. The first kappa shape index (κ1) is 13.1. The van der Waals surface area contributed by atoms with E-state index in [1.54, 1.807) is 12.3 Å². The SMILES string of the molecule is CC(CNc1nccc(C#N)c1Cl)N(C)C1CC1. The van der Waals surface area contributed by atoms with Gasteiger partial charge in [-0.1, -0.05) is 11.6 Å². The van der Waals surface area contributed by atoms with Crippen LogP contribution in [0.25, 0.3) is 0 Å². The lowest BCUT2D eigenvalue weighted by Crippen LogP contribution is -2.36. The summed E-state index contributed by atoms with van der Waals surface area (Å²) in [6, 6.07) is 4.82. The Bertz CT molecular complexity index is 465. The molecule has 1 aromatic rings. The van der Waals surface area contributed by atoms with Gasteiger partial charge in [-0.3, -0.25) is 4.90 Å². The van der Waals surface area contributed by atoms with Crippen molar-refractivity contribution < 1.29 is 0 Å². The van der Waals surface area contributed by atoms with Crippen LogP contribution in [0.3, 0.4) is 0 Å². The summed E-state index contributed by atoms with van der Waals surface area (Å²) in [5.41, 5.74) is 0.456. The summed E-state index contributed by atoms with van der Waals surface area (Å²) >= 11 is 6.09. The number of hydrogen-bond donors (Lipinski definition) is 1. The number of halogens is 1. The van der Waals surface area contributed by atoms with Gasteiger partial charge in [-0.05, 0) is 32.9 Å². The fourth-order valence-corrected chi connectivity index (χ4v) is 2.10. The fourth-order valence-electron chi connectivity index (χ4n) is 1.88. The molecule has 1 heterocycles. The zero-order valence-electron chi connectivity index (χ0n) is 10.7. The van der Waals surface area contributed by atoms with Crippen LogP contribution in [-0.2, 0) is 0 Å². The average Bonchev–Trinajstić information content (AvgIpc) is 3.20. The molecule has 18 heavy (non-hydrogen) atoms. The van der Waals surface area contributed by atoms with E-state index < -0.39 is 0 Å². The molecule has 1 aromatic heterocycles. The van der Waals surface area contributed by atoms with Gasteiger partial charge in [0.1, 0.15) is 16.9 Å². The first-order valence-electron chi connectivity index (χ1n) is 6.14. The number of hydrogen-bond acceptors (Lipinski definition) is 4. The first-order chi connectivity index (χ1) is 8.63. The molecular weight excluding hydrogens is 248 g/mol. The topological polar surface area (TPSA) is 52.0 Å². The van der Waals surface area contributed by atoms with Gasteiger partial charge in [-0.2, -0.15) is 5.26 Å². The van der Waals surface area contributed by atoms with E-state index in [2.05, 4.69) is 35.2 Å². The lowest BCUT2D eigenvalue weighted by molar-refractivity contribution is 0.257. The summed E-state index contributed by atoms with van der Waals surface area (Å²) in [5.74, 6) is 0.590. The summed E-state index contributed by atoms with van der Waals surface area (Å²) < 4.78 is 0. The monoisotopic (exact) mass is 264 g/mol. The minimum Gasteiger partial charge on any atom is -0.367 e. The summed E-state index contributed by atoms with van der Waals surface area (Å²) in [6.07, 6.45) is 4.19. The van der Waals surface area contributed by atoms with Crippen LogP contribution in [0.2, 0.25) is 5.02 Å². The van der Waals surface area contributed by atoms with Crippen LogP contribution >= 0.6 is 11.6 Å². The molecule has 1 fully saturated rings. The van der Waals surface area contributed by atoms with Crippen molar-refractivity contribution in [3.8, 4) is 6.07 Å². The highest BCUT2D eigenvalue weighted by molar-refractivity contribution is 6.34. The molecule has 0 aromatic carbocycles. The van der Waals surface area contributed by atoms with Gasteiger partial charge >= 0.3 is 0 Å². The third-order valence-corrected chi connectivity index (χ3v) is 3.78. The van der Waals surface area contributed by atoms with E-state index in [1.165, 1.54) is 12.8 Å². The molecule has 1 unspecified atom stereocenters. The number of aromatic nitrogens is 1. The Hall–Kier alpha value is -1.31. The quantitative estimate of drug-likeness (QED) is 0.888. The maximum Gasteiger partial charge on any atom is 0.146 e. The highest BCUT2D eigenvalue weighted by Crippen LogP contribution is 2.27. The van der Waals surface area contributed by atoms with E-state index in [4.69, 9.17) is 16.9 Å². The van der Waals surface area contributed by atoms with Crippen LogP contribution in [-0.4, -0.2) is 35.6 Å². The molecule has 1 atom stereocenters. The van der Waals surface area contributed by atoms with E-state index in [1.807, 2.05) is 0 Å². The Morgan fingerprint density at radius 1 is 1.67 bits per heavy atom. The molecule has 0 spiro atoms. The predicted molar refractivity (Wildman–Crippen MR) is 72.7 cm³/mol. The van der Waals surface area contributed by atoms with Gasteiger partial charge in [0.2, 0.25) is 0 Å². The van der Waals surface area contributed by atoms with Gasteiger partial charge in [0, 0.05) is 24.8 Å². The minimum absolute atomic E-state index is 0.404. The molecule has 0 radical (unpaired) electrons. The maximum atomic E-state index is 8.89. The molecular formula is C13H17ClN4. The number of likely N-dealkylation sites (N-methyl/N-ethyl adjacent to an activating group) is 1. The van der Waals surface area contributed by atoms with Crippen LogP contribution in [0.1, 0.15) is 25.3 Å². The first-order valence-corrected chi connectivity index (χ1v) is 6.51. The third-order valence-electron chi connectivity index (χ3n) is 3.39. The predicted octanol–water partition coefficient (Wildman–Crippen LogP) is 2.50. The smallest absolute Gasteiger partial charge is 0.146 e. The third kappa shape index (κ3) is 2.92. The van der Waals surface area contributed by atoms with Crippen LogP contribution < -0.4 is 5.32 Å². The van der Waals surface area contributed by atoms with Gasteiger partial charge in [-0.25, -0.2) is 4.98 Å². The van der Waals surface area contributed by atoms with E-state index in [-0.39, 0.29) is 0 Å². The molecule has 96 valence electrons. The summed E-state index contributed by atoms with van der Waals surface area (Å²) in [4.78, 5) is 6.54. The molecule has 1 saturated carbocycles. The molecule has 1 aliphatic rings. The van der Waals surface area contributed by atoms with Gasteiger partial charge in [-0.15, -0.1) is 0 Å². The number of nitrogens with one attached hydrogen (secondary N) is 1. The fraction of sp³-hybridized carbons (Fsp3) is 0.538. The van der Waals surface area contributed by atoms with Crippen LogP contribution in [0.4, 0.5) is 5.82 Å². The van der Waals surface area contributed by atoms with Crippen molar-refractivity contribution in [2.24, 2.45) is 0 Å². The number of nitriles is 1. The normalized spacial score (nSPS) is 16.4. The second-order valence-electron chi connectivity index (χ2n) is 4.76. The number of rotatable bonds is 5. The lowest BCUT2D eigenvalue weighted by Gasteiger charge is -2.25. The molecule has 1 aliphatic carbocycles. The molecule has 4 nitrogen and oxygen atoms in total. The van der Waals surface area contributed by atoms with Crippen molar-refractivity contribution in [2.75, 3.05) is 18.9 Å². The van der Waals surface area contributed by atoms with Crippen LogP contribution in [0.15, 0.2) is 12.3 Å². The van der Waals surface area contributed by atoms with Crippen molar-refractivity contribution >= 4 is 17.4 Å². The molecule has 0 bridgehead atoms. The Morgan fingerprint density at radius 2 is 2.39 bits per heavy atom. The summed E-state index contributed by atoms with van der Waals surface area (Å²) in [6.45, 7) is 2.95. The van der Waals surface area contributed by atoms with E-state index in [9.17, 15) is 0 Å². The molecule has 2 rings (SSSR count). The molecule has 0 aliphatic heterocycles. The Kier molecular flexibility index (Phi) is 4.05. The standard InChI is InChI=1S/C13H17ClN4/c1-9(18(2)11-3-4-11)8-17-13-12(14)10(7-15)5-6-16-13/h5-6,9,11H,3-4,8H2,1-2H3,(H,16,17). The largest absolute Gasteiger partial charge is 0.367 e. The summed E-state index contributed by atoms with van der Waals surface area (Å²) in [7, 11) is 2.14. The Labute approximate surface area is 113 Å². The number of anilines is 1. The molecule has 5 heteroatoms. The summed E-state index contributed by atoms with van der Waals surface area (Å²) in [5, 5.41) is 12.5. The second kappa shape index (κ2) is 5.55. The van der Waals surface area contributed by atoms with Crippen molar-refractivity contribution in [1.29, 1.82) is 5.26 Å². The van der Waals surface area contributed by atoms with E-state index in [0.717, 1.165) is 12.6 Å². The van der Waals surface area contributed by atoms with Crippen molar-refractivity contribution in [1.82, 2.24) is 9.88 Å². The number of pyridine rings is 1. The number of nitrogens with zero attached hydrogens (tertiary/aromatic N) is 3. The zero-order chi connectivity index (χ0) is 13.1. The van der Waals surface area contributed by atoms with Gasteiger partial charge < -0.3 is 5.32 Å². The zero-order valence-corrected chi connectivity index (χ0v) is 11.4. The van der Waals surface area contributed by atoms with Crippen molar-refractivity contribution in [3.63, 3.8) is 0 Å². The highest BCUT2D eigenvalue weighted by atomic mass is 35.5. The van der Waals surface area contributed by atoms with Gasteiger partial charge in [0.25, 0.3) is 0 Å². The van der Waals surface area contributed by atoms with Crippen LogP contribution in [0, 0.1) is 11.3 Å².